The second kappa shape index (κ2) is 12.1. The predicted octanol–water partition coefficient (Wildman–Crippen LogP) is 2.65. The van der Waals surface area contributed by atoms with Gasteiger partial charge in [-0.1, -0.05) is 72.8 Å². The van der Waals surface area contributed by atoms with Crippen LogP contribution in [0.3, 0.4) is 0 Å². The highest BCUT2D eigenvalue weighted by Gasteiger charge is 2.15. The number of nitrogen functional groups attached to an aromatic ring is 1. The van der Waals surface area contributed by atoms with Crippen molar-refractivity contribution in [3.05, 3.63) is 106 Å². The molecular formula is C27H33N9. The molecule has 1 aromatic heterocycles. The molecule has 9 N–H and O–H groups in total. The Labute approximate surface area is 211 Å². The number of hydrogen-bond donors (Lipinski definition) is 5. The third kappa shape index (κ3) is 6.76. The summed E-state index contributed by atoms with van der Waals surface area (Å²) >= 11 is 0. The smallest absolute Gasteiger partial charge is 0.232 e. The fourth-order valence-corrected chi connectivity index (χ4v) is 4.00. The van der Waals surface area contributed by atoms with Crippen LogP contribution < -0.4 is 33.2 Å². The Morgan fingerprint density at radius 2 is 1.08 bits per heavy atom. The zero-order valence-electron chi connectivity index (χ0n) is 20.3. The molecule has 9 nitrogen and oxygen atoms in total. The van der Waals surface area contributed by atoms with Crippen LogP contribution in [0, 0.1) is 0 Å². The molecule has 0 bridgehead atoms. The van der Waals surface area contributed by atoms with Crippen LogP contribution in [0.25, 0.3) is 0 Å². The molecule has 186 valence electrons. The van der Waals surface area contributed by atoms with Gasteiger partial charge in [-0.2, -0.15) is 15.0 Å². The lowest BCUT2D eigenvalue weighted by molar-refractivity contribution is 0.757. The first-order valence-electron chi connectivity index (χ1n) is 11.9. The van der Waals surface area contributed by atoms with Crippen LogP contribution in [0.4, 0.5) is 17.8 Å². The van der Waals surface area contributed by atoms with E-state index in [-0.39, 0.29) is 5.95 Å². The molecule has 0 amide bonds. The lowest BCUT2D eigenvalue weighted by Gasteiger charge is -2.24. The first kappa shape index (κ1) is 25.1. The van der Waals surface area contributed by atoms with Gasteiger partial charge in [-0.25, -0.2) is 0 Å². The molecule has 0 spiro atoms. The van der Waals surface area contributed by atoms with Crippen LogP contribution in [0.15, 0.2) is 72.8 Å². The van der Waals surface area contributed by atoms with E-state index < -0.39 is 0 Å². The lowest BCUT2D eigenvalue weighted by Crippen LogP contribution is -2.25. The van der Waals surface area contributed by atoms with Gasteiger partial charge in [0, 0.05) is 39.3 Å². The van der Waals surface area contributed by atoms with E-state index in [0.29, 0.717) is 51.2 Å². The summed E-state index contributed by atoms with van der Waals surface area (Å²) in [5.74, 6) is 1.04. The van der Waals surface area contributed by atoms with Gasteiger partial charge < -0.3 is 33.2 Å². The van der Waals surface area contributed by atoms with Gasteiger partial charge in [0.25, 0.3) is 0 Å². The Hall–Kier alpha value is -4.05. The molecule has 4 rings (SSSR count). The molecule has 0 radical (unpaired) electrons. The highest BCUT2D eigenvalue weighted by Crippen LogP contribution is 2.20. The van der Waals surface area contributed by atoms with Crippen LogP contribution in [0.2, 0.25) is 0 Å². The van der Waals surface area contributed by atoms with Crippen molar-refractivity contribution in [2.24, 2.45) is 17.2 Å². The normalized spacial score (nSPS) is 10.9. The largest absolute Gasteiger partial charge is 0.368 e. The summed E-state index contributed by atoms with van der Waals surface area (Å²) < 4.78 is 0. The van der Waals surface area contributed by atoms with Crippen LogP contribution in [-0.2, 0) is 39.3 Å². The molecule has 0 saturated heterocycles. The topological polar surface area (TPSA) is 158 Å². The summed E-state index contributed by atoms with van der Waals surface area (Å²) in [6.45, 7) is 3.12. The summed E-state index contributed by atoms with van der Waals surface area (Å²) in [7, 11) is 0. The molecule has 0 aliphatic rings. The monoisotopic (exact) mass is 483 g/mol. The number of aromatic nitrogens is 3. The Bertz CT molecular complexity index is 1240. The van der Waals surface area contributed by atoms with E-state index in [1.807, 2.05) is 42.5 Å². The van der Waals surface area contributed by atoms with Gasteiger partial charge in [-0.3, -0.25) is 0 Å². The number of nitrogens with one attached hydrogen (secondary N) is 1. The van der Waals surface area contributed by atoms with E-state index in [1.54, 1.807) is 0 Å². The second-order valence-electron chi connectivity index (χ2n) is 8.60. The fraction of sp³-hybridized carbons (Fsp3) is 0.222. The number of benzene rings is 3. The van der Waals surface area contributed by atoms with Crippen molar-refractivity contribution in [1.82, 2.24) is 15.0 Å². The lowest BCUT2D eigenvalue weighted by atomic mass is 10.1. The van der Waals surface area contributed by atoms with E-state index in [0.717, 1.165) is 33.4 Å². The molecule has 1 heterocycles. The Morgan fingerprint density at radius 3 is 1.61 bits per heavy atom. The number of anilines is 3. The Morgan fingerprint density at radius 1 is 0.611 bits per heavy atom. The van der Waals surface area contributed by atoms with E-state index in [9.17, 15) is 0 Å². The van der Waals surface area contributed by atoms with Crippen LogP contribution in [0.5, 0.6) is 0 Å². The Kier molecular flexibility index (Phi) is 8.40. The van der Waals surface area contributed by atoms with Crippen LogP contribution >= 0.6 is 0 Å². The number of rotatable bonds is 11. The van der Waals surface area contributed by atoms with Crippen molar-refractivity contribution in [3.63, 3.8) is 0 Å². The summed E-state index contributed by atoms with van der Waals surface area (Å²) in [6, 6.07) is 24.4. The van der Waals surface area contributed by atoms with Gasteiger partial charge in [0.2, 0.25) is 17.8 Å². The van der Waals surface area contributed by atoms with Gasteiger partial charge in [-0.15, -0.1) is 0 Å². The minimum absolute atomic E-state index is 0.148. The molecule has 9 heteroatoms. The van der Waals surface area contributed by atoms with Crippen LogP contribution in [0.1, 0.15) is 33.4 Å². The quantitative estimate of drug-likeness (QED) is 0.216. The first-order valence-corrected chi connectivity index (χ1v) is 11.9. The minimum Gasteiger partial charge on any atom is -0.368 e. The van der Waals surface area contributed by atoms with Crippen molar-refractivity contribution >= 4 is 17.8 Å². The van der Waals surface area contributed by atoms with Gasteiger partial charge in [0.1, 0.15) is 0 Å². The average Bonchev–Trinajstić information content (AvgIpc) is 2.91. The maximum Gasteiger partial charge on any atom is 0.232 e. The summed E-state index contributed by atoms with van der Waals surface area (Å²) in [5.41, 5.74) is 30.1. The molecule has 0 atom stereocenters. The summed E-state index contributed by atoms with van der Waals surface area (Å²) in [6.07, 6.45) is 0. The maximum atomic E-state index is 6.11. The third-order valence-electron chi connectivity index (χ3n) is 5.80. The fourth-order valence-electron chi connectivity index (χ4n) is 4.00. The molecule has 0 aliphatic heterocycles. The van der Waals surface area contributed by atoms with Crippen molar-refractivity contribution in [2.45, 2.75) is 39.3 Å². The van der Waals surface area contributed by atoms with E-state index in [1.165, 1.54) is 0 Å². The second-order valence-corrected chi connectivity index (χ2v) is 8.60. The molecule has 0 unspecified atom stereocenters. The summed E-state index contributed by atoms with van der Waals surface area (Å²) in [5, 5.41) is 3.27. The molecular weight excluding hydrogens is 450 g/mol. The highest BCUT2D eigenvalue weighted by atomic mass is 15.3. The minimum atomic E-state index is 0.148. The number of nitrogens with zero attached hydrogens (tertiary/aromatic N) is 4. The van der Waals surface area contributed by atoms with Crippen molar-refractivity contribution in [1.29, 1.82) is 0 Å². The van der Waals surface area contributed by atoms with Crippen molar-refractivity contribution < 1.29 is 0 Å². The predicted molar refractivity (Wildman–Crippen MR) is 144 cm³/mol. The van der Waals surface area contributed by atoms with E-state index in [2.05, 4.69) is 50.5 Å². The standard InChI is InChI=1S/C27H33N9/c28-13-19-4-1-7-22(10-19)16-32-26-33-25(31)34-27(35-26)36(17-23-8-2-5-20(11-23)14-29)18-24-9-3-6-21(12-24)15-30/h1-12H,13-18,28-30H2,(H3,31,32,33,34,35). The first-order chi connectivity index (χ1) is 17.6. The van der Waals surface area contributed by atoms with E-state index >= 15 is 0 Å². The molecule has 0 fully saturated rings. The highest BCUT2D eigenvalue weighted by molar-refractivity contribution is 5.44. The molecule has 0 aliphatic carbocycles. The third-order valence-corrected chi connectivity index (χ3v) is 5.80. The van der Waals surface area contributed by atoms with Crippen molar-refractivity contribution in [2.75, 3.05) is 16.0 Å². The zero-order chi connectivity index (χ0) is 25.3. The average molecular weight is 484 g/mol. The van der Waals surface area contributed by atoms with Gasteiger partial charge >= 0.3 is 0 Å². The number of hydrogen-bond acceptors (Lipinski definition) is 9. The molecule has 3 aromatic carbocycles. The van der Waals surface area contributed by atoms with Gasteiger partial charge in [0.15, 0.2) is 0 Å². The van der Waals surface area contributed by atoms with Gasteiger partial charge in [0.05, 0.1) is 0 Å². The number of nitrogens with two attached hydrogens (primary N) is 4. The SMILES string of the molecule is NCc1cccc(CNc2nc(N)nc(N(Cc3cccc(CN)c3)Cc3cccc(CN)c3)n2)c1. The maximum absolute atomic E-state index is 6.11. The van der Waals surface area contributed by atoms with E-state index in [4.69, 9.17) is 27.9 Å². The van der Waals surface area contributed by atoms with Crippen LogP contribution in [-0.4, -0.2) is 15.0 Å². The Balaban J connectivity index is 1.62. The van der Waals surface area contributed by atoms with Gasteiger partial charge in [-0.05, 0) is 33.4 Å². The summed E-state index contributed by atoms with van der Waals surface area (Å²) in [4.78, 5) is 15.6. The molecule has 4 aromatic rings. The molecule has 36 heavy (non-hydrogen) atoms. The zero-order valence-corrected chi connectivity index (χ0v) is 20.3. The van der Waals surface area contributed by atoms with Crippen molar-refractivity contribution in [3.8, 4) is 0 Å². The molecule has 0 saturated carbocycles.